The van der Waals surface area contributed by atoms with Crippen LogP contribution in [0.5, 0.6) is 0 Å². The molecule has 6 nitrogen and oxygen atoms in total. The minimum atomic E-state index is -0.580. The van der Waals surface area contributed by atoms with Crippen LogP contribution >= 0.6 is 0 Å². The van der Waals surface area contributed by atoms with Crippen molar-refractivity contribution in [3.05, 3.63) is 77.2 Å². The number of nitrogens with one attached hydrogen (secondary N) is 1. The Kier molecular flexibility index (Phi) is 6.39. The highest BCUT2D eigenvalue weighted by Gasteiger charge is 2.28. The molecular weight excluding hydrogens is 375 g/mol. The predicted molar refractivity (Wildman–Crippen MR) is 105 cm³/mol. The van der Waals surface area contributed by atoms with Crippen LogP contribution in [0.3, 0.4) is 0 Å². The summed E-state index contributed by atoms with van der Waals surface area (Å²) in [6, 6.07) is 12.7. The zero-order valence-electron chi connectivity index (χ0n) is 15.9. The summed E-state index contributed by atoms with van der Waals surface area (Å²) in [6.07, 6.45) is 3.41. The Morgan fingerprint density at radius 2 is 1.83 bits per heavy atom. The fraction of sp³-hybridized carbons (Fsp3) is 0.227. The monoisotopic (exact) mass is 396 g/mol. The van der Waals surface area contributed by atoms with E-state index in [1.54, 1.807) is 18.3 Å². The van der Waals surface area contributed by atoms with Crippen LogP contribution in [0.1, 0.15) is 36.1 Å². The summed E-state index contributed by atoms with van der Waals surface area (Å²) in [7, 11) is 0. The molecule has 7 heteroatoms. The normalized spacial score (nSPS) is 14.8. The molecule has 0 unspecified atom stereocenters. The fourth-order valence-corrected chi connectivity index (χ4v) is 3.13. The lowest BCUT2D eigenvalue weighted by atomic mass is 9.94. The van der Waals surface area contributed by atoms with Crippen LogP contribution in [0.2, 0.25) is 0 Å². The number of rotatable bonds is 6. The molecule has 0 aromatic heterocycles. The van der Waals surface area contributed by atoms with E-state index in [-0.39, 0.29) is 24.7 Å². The number of hydrogen-bond donors (Lipinski definition) is 1. The van der Waals surface area contributed by atoms with E-state index in [9.17, 15) is 18.8 Å². The first-order valence-corrected chi connectivity index (χ1v) is 9.17. The molecule has 0 saturated heterocycles. The van der Waals surface area contributed by atoms with Crippen LogP contribution in [0.4, 0.5) is 4.39 Å². The first-order valence-electron chi connectivity index (χ1n) is 9.17. The van der Waals surface area contributed by atoms with Crippen molar-refractivity contribution in [3.8, 4) is 0 Å². The molecule has 2 aromatic carbocycles. The van der Waals surface area contributed by atoms with Crippen molar-refractivity contribution in [2.75, 3.05) is 6.61 Å². The summed E-state index contributed by atoms with van der Waals surface area (Å²) >= 11 is 0. The van der Waals surface area contributed by atoms with Crippen molar-refractivity contribution in [3.63, 3.8) is 0 Å². The largest absolute Gasteiger partial charge is 0.456 e. The number of ether oxygens (including phenoxy) is 1. The summed E-state index contributed by atoms with van der Waals surface area (Å²) in [4.78, 5) is 37.6. The molecule has 1 atom stereocenters. The number of benzene rings is 2. The van der Waals surface area contributed by atoms with Crippen molar-refractivity contribution >= 4 is 23.9 Å². The van der Waals surface area contributed by atoms with Gasteiger partial charge in [0.15, 0.2) is 6.61 Å². The van der Waals surface area contributed by atoms with Gasteiger partial charge in [-0.15, -0.1) is 0 Å². The Bertz CT molecular complexity index is 940. The average molecular weight is 396 g/mol. The lowest BCUT2D eigenvalue weighted by molar-refractivity contribution is -0.150. The van der Waals surface area contributed by atoms with E-state index in [1.165, 1.54) is 24.0 Å². The number of amides is 2. The zero-order chi connectivity index (χ0) is 20.8. The van der Waals surface area contributed by atoms with Crippen molar-refractivity contribution in [2.24, 2.45) is 0 Å². The van der Waals surface area contributed by atoms with Crippen LogP contribution in [-0.4, -0.2) is 29.3 Å². The summed E-state index contributed by atoms with van der Waals surface area (Å²) in [6.45, 7) is 1.21. The van der Waals surface area contributed by atoms with E-state index in [0.717, 1.165) is 16.7 Å². The van der Waals surface area contributed by atoms with Gasteiger partial charge in [-0.2, -0.15) is 0 Å². The molecule has 3 rings (SSSR count). The van der Waals surface area contributed by atoms with Gasteiger partial charge < -0.3 is 15.0 Å². The number of esters is 1. The molecule has 0 saturated carbocycles. The zero-order valence-corrected chi connectivity index (χ0v) is 15.9. The Morgan fingerprint density at radius 1 is 1.10 bits per heavy atom. The molecule has 0 aliphatic carbocycles. The van der Waals surface area contributed by atoms with E-state index in [2.05, 4.69) is 5.32 Å². The summed E-state index contributed by atoms with van der Waals surface area (Å²) in [5.41, 5.74) is 2.51. The molecule has 1 N–H and O–H groups in total. The van der Waals surface area contributed by atoms with Gasteiger partial charge in [-0.1, -0.05) is 36.4 Å². The minimum absolute atomic E-state index is 0.0633. The molecule has 29 heavy (non-hydrogen) atoms. The van der Waals surface area contributed by atoms with Crippen molar-refractivity contribution in [1.82, 2.24) is 10.2 Å². The van der Waals surface area contributed by atoms with Crippen molar-refractivity contribution < 1.29 is 23.5 Å². The smallest absolute Gasteiger partial charge is 0.308 e. The van der Waals surface area contributed by atoms with Gasteiger partial charge in [0.2, 0.25) is 5.91 Å². The van der Waals surface area contributed by atoms with Crippen LogP contribution in [-0.2, 0) is 25.7 Å². The van der Waals surface area contributed by atoms with Crippen LogP contribution in [0.15, 0.2) is 54.7 Å². The number of nitrogens with zero attached hydrogens (tertiary/aromatic N) is 1. The topological polar surface area (TPSA) is 75.7 Å². The van der Waals surface area contributed by atoms with Gasteiger partial charge in [-0.25, -0.2) is 4.39 Å². The number of fused-ring (bicyclic) bond motifs is 1. The lowest BCUT2D eigenvalue weighted by Crippen LogP contribution is -2.33. The van der Waals surface area contributed by atoms with E-state index >= 15 is 0 Å². The summed E-state index contributed by atoms with van der Waals surface area (Å²) in [5.74, 6) is -1.59. The van der Waals surface area contributed by atoms with Gasteiger partial charge in [-0.3, -0.25) is 14.4 Å². The third kappa shape index (κ3) is 5.28. The first-order chi connectivity index (χ1) is 13.9. The second-order valence-corrected chi connectivity index (χ2v) is 6.65. The molecule has 0 radical (unpaired) electrons. The second kappa shape index (κ2) is 9.14. The highest BCUT2D eigenvalue weighted by molar-refractivity contribution is 5.82. The Morgan fingerprint density at radius 3 is 2.55 bits per heavy atom. The van der Waals surface area contributed by atoms with Gasteiger partial charge in [0.05, 0.1) is 12.5 Å². The maximum absolute atomic E-state index is 12.9. The van der Waals surface area contributed by atoms with Gasteiger partial charge in [0, 0.05) is 19.7 Å². The average Bonchev–Trinajstić information content (AvgIpc) is 2.72. The maximum atomic E-state index is 12.9. The third-order valence-corrected chi connectivity index (χ3v) is 4.60. The van der Waals surface area contributed by atoms with Gasteiger partial charge in [0.25, 0.3) is 5.91 Å². The van der Waals surface area contributed by atoms with Gasteiger partial charge in [0.1, 0.15) is 5.82 Å². The van der Waals surface area contributed by atoms with Gasteiger partial charge >= 0.3 is 5.97 Å². The van der Waals surface area contributed by atoms with E-state index in [4.69, 9.17) is 4.74 Å². The maximum Gasteiger partial charge on any atom is 0.308 e. The molecule has 2 aromatic rings. The number of hydrogen-bond acceptors (Lipinski definition) is 4. The molecule has 0 spiro atoms. The molecule has 0 fully saturated rings. The van der Waals surface area contributed by atoms with E-state index in [1.807, 2.05) is 30.3 Å². The molecular formula is C22H21FN2O4. The minimum Gasteiger partial charge on any atom is -0.456 e. The number of carbonyl (C=O) groups excluding carboxylic acids is 3. The standard InChI is InChI=1S/C22H21FN2O4/c1-15(26)25-11-10-17-4-2-3-5-19(17)20(25)12-22(28)29-14-21(27)24-13-16-6-8-18(23)9-7-16/h2-11,20H,12-14H2,1H3,(H,24,27)/t20-/m1/s1. The summed E-state index contributed by atoms with van der Waals surface area (Å²) in [5, 5.41) is 2.61. The molecule has 1 aliphatic rings. The predicted octanol–water partition coefficient (Wildman–Crippen LogP) is 2.95. The lowest BCUT2D eigenvalue weighted by Gasteiger charge is -2.32. The molecule has 1 aliphatic heterocycles. The fourth-order valence-electron chi connectivity index (χ4n) is 3.13. The van der Waals surface area contributed by atoms with Gasteiger partial charge in [-0.05, 0) is 34.9 Å². The SMILES string of the molecule is CC(=O)N1C=Cc2ccccc2[C@H]1CC(=O)OCC(=O)NCc1ccc(F)cc1. The Balaban J connectivity index is 1.53. The van der Waals surface area contributed by atoms with Crippen molar-refractivity contribution in [1.29, 1.82) is 0 Å². The van der Waals surface area contributed by atoms with Crippen LogP contribution < -0.4 is 5.32 Å². The molecule has 1 heterocycles. The molecule has 2 amide bonds. The summed E-state index contributed by atoms with van der Waals surface area (Å²) < 4.78 is 18.0. The van der Waals surface area contributed by atoms with Crippen molar-refractivity contribution in [2.45, 2.75) is 25.9 Å². The quantitative estimate of drug-likeness (QED) is 0.762. The third-order valence-electron chi connectivity index (χ3n) is 4.60. The highest BCUT2D eigenvalue weighted by atomic mass is 19.1. The highest BCUT2D eigenvalue weighted by Crippen LogP contribution is 2.32. The Labute approximate surface area is 168 Å². The Hall–Kier alpha value is -3.48. The molecule has 150 valence electrons. The van der Waals surface area contributed by atoms with E-state index in [0.29, 0.717) is 0 Å². The molecule has 0 bridgehead atoms. The second-order valence-electron chi connectivity index (χ2n) is 6.65. The number of halogens is 1. The van der Waals surface area contributed by atoms with Crippen LogP contribution in [0.25, 0.3) is 6.08 Å². The first kappa shape index (κ1) is 20.3. The number of carbonyl (C=O) groups is 3. The van der Waals surface area contributed by atoms with Crippen LogP contribution in [0, 0.1) is 5.82 Å². The van der Waals surface area contributed by atoms with E-state index < -0.39 is 24.5 Å².